The molecule has 1 saturated heterocycles. The summed E-state index contributed by atoms with van der Waals surface area (Å²) in [5.74, 6) is -5.33. The van der Waals surface area contributed by atoms with Gasteiger partial charge in [0.2, 0.25) is 23.7 Å². The third-order valence-electron chi connectivity index (χ3n) is 10.4. The Morgan fingerprint density at radius 3 is 2.28 bits per heavy atom. The van der Waals surface area contributed by atoms with E-state index in [0.29, 0.717) is 17.8 Å². The second kappa shape index (κ2) is 23.5. The lowest BCUT2D eigenvalue weighted by Crippen LogP contribution is -2.54. The molecule has 0 radical (unpaired) electrons. The molecule has 360 valence electrons. The minimum absolute atomic E-state index is 0.00247. The van der Waals surface area contributed by atoms with Crippen molar-refractivity contribution in [2.45, 2.75) is 44.3 Å². The zero-order valence-corrected chi connectivity index (χ0v) is 36.9. The molecule has 68 heavy (non-hydrogen) atoms. The van der Waals surface area contributed by atoms with Gasteiger partial charge in [0.25, 0.3) is 23.6 Å². The van der Waals surface area contributed by atoms with Crippen LogP contribution in [0.25, 0.3) is 11.2 Å². The number of anilines is 3. The fraction of sp³-hybridized carbons (Fsp3) is 0.395. The van der Waals surface area contributed by atoms with Crippen LogP contribution in [0.1, 0.15) is 62.5 Å². The molecule has 2 aromatic carbocycles. The molecule has 2 aliphatic rings. The van der Waals surface area contributed by atoms with Crippen molar-refractivity contribution < 1.29 is 62.4 Å². The lowest BCUT2D eigenvalue weighted by atomic mass is 10.0. The van der Waals surface area contributed by atoms with Gasteiger partial charge in [-0.25, -0.2) is 9.97 Å². The number of piperidine rings is 1. The number of nitrogen functional groups attached to an aromatic ring is 2. The maximum Gasteiger partial charge on any atom is 0.303 e. The van der Waals surface area contributed by atoms with E-state index in [-0.39, 0.29) is 118 Å². The number of benzene rings is 2. The number of nitrogens with one attached hydrogen (secondary N) is 4. The van der Waals surface area contributed by atoms with Crippen molar-refractivity contribution in [2.75, 3.05) is 82.8 Å². The van der Waals surface area contributed by atoms with Crippen LogP contribution >= 0.6 is 0 Å². The van der Waals surface area contributed by atoms with E-state index in [1.54, 1.807) is 30.5 Å². The molecule has 25 nitrogen and oxygen atoms in total. The second-order valence-corrected chi connectivity index (χ2v) is 15.3. The number of aromatic nitrogens is 4. The molecule has 25 heteroatoms. The average Bonchev–Trinajstić information content (AvgIpc) is 3.57. The van der Waals surface area contributed by atoms with E-state index >= 15 is 0 Å². The van der Waals surface area contributed by atoms with Gasteiger partial charge in [0.05, 0.1) is 69.2 Å². The fourth-order valence-electron chi connectivity index (χ4n) is 7.01. The van der Waals surface area contributed by atoms with Crippen LogP contribution in [0.15, 0.2) is 48.7 Å². The number of hydrogen-bond donors (Lipinski definition) is 7. The monoisotopic (exact) mass is 942 g/mol. The number of ether oxygens (including phenoxy) is 4. The van der Waals surface area contributed by atoms with Gasteiger partial charge in [-0.05, 0) is 49.2 Å². The lowest BCUT2D eigenvalue weighted by Gasteiger charge is -2.27. The summed E-state index contributed by atoms with van der Waals surface area (Å²) in [6.45, 7) is 1.25. The molecule has 0 saturated carbocycles. The summed E-state index contributed by atoms with van der Waals surface area (Å²) in [7, 11) is 1.82. The normalized spacial score (nSPS) is 14.8. The van der Waals surface area contributed by atoms with Gasteiger partial charge >= 0.3 is 5.97 Å². The number of carbonyl (C=O) groups excluding carboxylic acids is 7. The Bertz CT molecular complexity index is 2540. The van der Waals surface area contributed by atoms with Crippen LogP contribution in [0.2, 0.25) is 0 Å². The predicted octanol–water partition coefficient (Wildman–Crippen LogP) is -1.05. The molecule has 0 aliphatic carbocycles. The maximum absolute atomic E-state index is 13.2. The van der Waals surface area contributed by atoms with Crippen molar-refractivity contribution in [1.29, 1.82) is 0 Å². The van der Waals surface area contributed by atoms with Crippen molar-refractivity contribution in [2.24, 2.45) is 0 Å². The Morgan fingerprint density at radius 2 is 1.59 bits per heavy atom. The molecule has 1 fully saturated rings. The number of rotatable bonds is 25. The molecule has 0 spiro atoms. The highest BCUT2D eigenvalue weighted by atomic mass is 16.5. The second-order valence-electron chi connectivity index (χ2n) is 15.3. The fourth-order valence-corrected chi connectivity index (χ4v) is 7.01. The third-order valence-corrected chi connectivity index (χ3v) is 10.4. The first-order valence-electron chi connectivity index (χ1n) is 21.3. The quantitative estimate of drug-likeness (QED) is 0.0308. The van der Waals surface area contributed by atoms with Gasteiger partial charge in [0.15, 0.2) is 23.6 Å². The van der Waals surface area contributed by atoms with Gasteiger partial charge in [0, 0.05) is 44.2 Å². The van der Waals surface area contributed by atoms with Crippen LogP contribution < -0.4 is 42.4 Å². The number of fused-ring (bicyclic) bond motifs is 2. The summed E-state index contributed by atoms with van der Waals surface area (Å²) < 4.78 is 22.0. The standard InChI is InChI=1S/C43H50N12O13/c1-54(22-25-21-48-37-35(49-25)36(44)52-43(45)53-37)26-7-5-24(6-8-26)38(60)50-28(9-12-33(58)59)39(61)47-14-16-66-18-20-67-19-17-65-15-13-46-32(57)23-68-30-4-2-3-27-34(30)42(64)55(41(27)63)29-10-11-31(56)51-40(29)62/h2-8,21,28-29H,9-20,22-23H2,1H3,(H,46,57)(H,47,61)(H,50,60)(H,58,59)(H,51,56,62)(H4,44,45,48,52,53)/t28-,29?/m0/s1. The van der Waals surface area contributed by atoms with Gasteiger partial charge in [-0.1, -0.05) is 6.07 Å². The number of carbonyl (C=O) groups is 8. The van der Waals surface area contributed by atoms with Gasteiger partial charge in [-0.15, -0.1) is 0 Å². The molecule has 0 bridgehead atoms. The number of amides is 7. The van der Waals surface area contributed by atoms with E-state index < -0.39 is 66.0 Å². The first-order valence-corrected chi connectivity index (χ1v) is 21.3. The SMILES string of the molecule is CN(Cc1cnc2nc(N)nc(N)c2n1)c1ccc(C(=O)N[C@@H](CCC(=O)O)C(=O)NCCOCCOCCOCCNC(=O)COc2cccc3c2C(=O)N(C2CCC(=O)NC2=O)C3=O)cc1. The van der Waals surface area contributed by atoms with Crippen molar-refractivity contribution in [3.63, 3.8) is 0 Å². The molecule has 2 aromatic heterocycles. The number of carboxylic acids is 1. The molecular formula is C43H50N12O13. The van der Waals surface area contributed by atoms with Crippen molar-refractivity contribution in [3.8, 4) is 5.75 Å². The van der Waals surface area contributed by atoms with E-state index in [4.69, 9.17) is 30.4 Å². The minimum Gasteiger partial charge on any atom is -0.483 e. The van der Waals surface area contributed by atoms with E-state index in [0.717, 1.165) is 10.6 Å². The van der Waals surface area contributed by atoms with Gasteiger partial charge in [-0.2, -0.15) is 9.97 Å². The Hall–Kier alpha value is -7.90. The Morgan fingerprint density at radius 1 is 0.897 bits per heavy atom. The minimum atomic E-state index is -1.13. The number of imide groups is 2. The van der Waals surface area contributed by atoms with Crippen molar-refractivity contribution in [3.05, 3.63) is 71.0 Å². The van der Waals surface area contributed by atoms with Crippen LogP contribution in [0.4, 0.5) is 17.5 Å². The number of carboxylic acid groups (broad SMARTS) is 1. The summed E-state index contributed by atoms with van der Waals surface area (Å²) >= 11 is 0. The van der Waals surface area contributed by atoms with Gasteiger partial charge in [0.1, 0.15) is 17.8 Å². The Labute approximate surface area is 387 Å². The molecule has 4 aromatic rings. The Balaban J connectivity index is 0.812. The first kappa shape index (κ1) is 49.5. The highest BCUT2D eigenvalue weighted by molar-refractivity contribution is 6.24. The summed E-state index contributed by atoms with van der Waals surface area (Å²) in [6.07, 6.45) is 1.05. The topological polar surface area (TPSA) is 352 Å². The highest BCUT2D eigenvalue weighted by Crippen LogP contribution is 2.33. The average molecular weight is 943 g/mol. The van der Waals surface area contributed by atoms with Crippen LogP contribution in [0, 0.1) is 0 Å². The van der Waals surface area contributed by atoms with Crippen LogP contribution in [0.3, 0.4) is 0 Å². The molecule has 6 rings (SSSR count). The zero-order valence-electron chi connectivity index (χ0n) is 36.9. The summed E-state index contributed by atoms with van der Waals surface area (Å²) in [5, 5.41) is 19.3. The number of nitrogens with zero attached hydrogens (tertiary/aromatic N) is 6. The van der Waals surface area contributed by atoms with Gasteiger partial charge in [-0.3, -0.25) is 48.6 Å². The molecule has 2 atom stereocenters. The molecular weight excluding hydrogens is 893 g/mol. The number of nitrogens with two attached hydrogens (primary N) is 2. The third kappa shape index (κ3) is 13.1. The molecule has 4 heterocycles. The lowest BCUT2D eigenvalue weighted by molar-refractivity contribution is -0.138. The van der Waals surface area contributed by atoms with E-state index in [1.165, 1.54) is 18.2 Å². The van der Waals surface area contributed by atoms with Crippen LogP contribution in [-0.2, 0) is 44.7 Å². The number of hydrogen-bond acceptors (Lipinski definition) is 19. The Kier molecular flexibility index (Phi) is 17.1. The highest BCUT2D eigenvalue weighted by Gasteiger charge is 2.46. The van der Waals surface area contributed by atoms with Crippen molar-refractivity contribution >= 4 is 75.9 Å². The van der Waals surface area contributed by atoms with Crippen molar-refractivity contribution in [1.82, 2.24) is 46.1 Å². The number of aliphatic carboxylic acids is 1. The van der Waals surface area contributed by atoms with E-state index in [1.807, 2.05) is 11.9 Å². The largest absolute Gasteiger partial charge is 0.483 e. The summed E-state index contributed by atoms with van der Waals surface area (Å²) in [4.78, 5) is 119. The molecule has 1 unspecified atom stereocenters. The smallest absolute Gasteiger partial charge is 0.303 e. The zero-order chi connectivity index (χ0) is 48.7. The maximum atomic E-state index is 13.2. The molecule has 9 N–H and O–H groups in total. The predicted molar refractivity (Wildman–Crippen MR) is 238 cm³/mol. The van der Waals surface area contributed by atoms with Crippen LogP contribution in [-0.4, -0.2) is 156 Å². The van der Waals surface area contributed by atoms with E-state index in [9.17, 15) is 43.5 Å². The van der Waals surface area contributed by atoms with Crippen LogP contribution in [0.5, 0.6) is 5.75 Å². The molecule has 7 amide bonds. The van der Waals surface area contributed by atoms with E-state index in [2.05, 4.69) is 41.2 Å². The first-order chi connectivity index (χ1) is 32.7. The molecule has 2 aliphatic heterocycles. The van der Waals surface area contributed by atoms with Gasteiger partial charge < -0.3 is 56.4 Å². The summed E-state index contributed by atoms with van der Waals surface area (Å²) in [6, 6.07) is 8.66. The summed E-state index contributed by atoms with van der Waals surface area (Å²) in [5.41, 5.74) is 13.7.